The van der Waals surface area contributed by atoms with Gasteiger partial charge in [-0.3, -0.25) is 0 Å². The van der Waals surface area contributed by atoms with E-state index in [1.165, 1.54) is 0 Å². The van der Waals surface area contributed by atoms with Gasteiger partial charge in [0.05, 0.1) is 51.2 Å². The van der Waals surface area contributed by atoms with Crippen LogP contribution in [0, 0.1) is 13.8 Å². The van der Waals surface area contributed by atoms with E-state index in [1.807, 2.05) is 12.1 Å². The molecule has 3 aromatic rings. The number of methoxy groups -OCH3 is 1. The fourth-order valence-electron chi connectivity index (χ4n) is 5.01. The van der Waals surface area contributed by atoms with Crippen LogP contribution in [-0.4, -0.2) is 61.5 Å². The number of nitrogens with one attached hydrogen (secondary N) is 2. The molecule has 1 aromatic heterocycles. The molecule has 0 saturated carbocycles. The molecule has 0 amide bonds. The molecule has 4 rings (SSSR count). The largest absolute Gasteiger partial charge is 0.493 e. The van der Waals surface area contributed by atoms with Crippen LogP contribution < -0.4 is 25.0 Å². The molecule has 0 radical (unpaired) electrons. The minimum absolute atomic E-state index is 0.0586. The number of rotatable bonds is 15. The zero-order valence-electron chi connectivity index (χ0n) is 23.5. The molecule has 2 aromatic carbocycles. The molecule has 0 unspecified atom stereocenters. The van der Waals surface area contributed by atoms with Crippen molar-refractivity contribution in [1.82, 2.24) is 20.6 Å². The van der Waals surface area contributed by atoms with E-state index in [-0.39, 0.29) is 13.0 Å². The van der Waals surface area contributed by atoms with Gasteiger partial charge in [0.1, 0.15) is 11.6 Å². The highest BCUT2D eigenvalue weighted by atomic mass is 19.3. The maximum absolute atomic E-state index is 12.3. The average Bonchev–Trinajstić information content (AvgIpc) is 3.37. The number of ether oxygens (including phenoxy) is 2. The topological polar surface area (TPSA) is 91.8 Å². The molecule has 0 aliphatic carbocycles. The molecule has 1 aliphatic heterocycles. The van der Waals surface area contributed by atoms with Crippen LogP contribution in [0.4, 0.5) is 14.5 Å². The van der Waals surface area contributed by atoms with E-state index in [0.717, 1.165) is 51.4 Å². The quantitative estimate of drug-likeness (QED) is 0.238. The second-order valence-corrected chi connectivity index (χ2v) is 9.84. The van der Waals surface area contributed by atoms with Crippen LogP contribution >= 0.6 is 0 Å². The van der Waals surface area contributed by atoms with Crippen molar-refractivity contribution < 1.29 is 23.4 Å². The Kier molecular flexibility index (Phi) is 10.6. The van der Waals surface area contributed by atoms with Gasteiger partial charge in [-0.15, -0.1) is 0 Å². The highest BCUT2D eigenvalue weighted by molar-refractivity contribution is 5.78. The van der Waals surface area contributed by atoms with Gasteiger partial charge < -0.3 is 30.1 Å². The van der Waals surface area contributed by atoms with Crippen LogP contribution in [0.15, 0.2) is 36.4 Å². The van der Waals surface area contributed by atoms with Crippen LogP contribution in [0.5, 0.6) is 11.6 Å². The maximum atomic E-state index is 12.3. The minimum Gasteiger partial charge on any atom is -0.493 e. The number of nitrogens with zero attached hydrogens (tertiary/aromatic N) is 3. The molecular formula is C30H39F2N5O3. The first kappa shape index (κ1) is 29.6. The van der Waals surface area contributed by atoms with Gasteiger partial charge in [0.15, 0.2) is 0 Å². The molecule has 0 bridgehead atoms. The van der Waals surface area contributed by atoms with E-state index in [0.29, 0.717) is 57.6 Å². The van der Waals surface area contributed by atoms with Gasteiger partial charge in [-0.05, 0) is 61.2 Å². The third-order valence-corrected chi connectivity index (χ3v) is 7.07. The molecule has 1 aliphatic rings. The van der Waals surface area contributed by atoms with Crippen molar-refractivity contribution in [2.75, 3.05) is 44.9 Å². The summed E-state index contributed by atoms with van der Waals surface area (Å²) in [6, 6.07) is 12.4. The fourth-order valence-corrected chi connectivity index (χ4v) is 5.01. The summed E-state index contributed by atoms with van der Waals surface area (Å²) in [6.07, 6.45) is -1.66. The summed E-state index contributed by atoms with van der Waals surface area (Å²) in [5.74, 6) is 2.06. The minimum atomic E-state index is -2.27. The molecule has 3 N–H and O–H groups in total. The van der Waals surface area contributed by atoms with Crippen LogP contribution in [-0.2, 0) is 19.6 Å². The standard InChI is InChI=1S/C30H39F2N5O3/c1-20-22(23-8-5-10-27(21(23)2)40-16-6-12-33-13-11-28(31)32)7-4-9-26(20)37-18-24-25(19-37)35-29(17-34-14-15-38)36-30(24)39-3/h4-5,7-10,28,33-34,38H,6,11-19H2,1-3H3. The number of hydrogen-bond acceptors (Lipinski definition) is 8. The summed E-state index contributed by atoms with van der Waals surface area (Å²) >= 11 is 0. The molecule has 2 heterocycles. The lowest BCUT2D eigenvalue weighted by molar-refractivity contribution is 0.137. The Labute approximate surface area is 234 Å². The Balaban J connectivity index is 1.47. The molecule has 0 fully saturated rings. The van der Waals surface area contributed by atoms with Crippen molar-refractivity contribution in [2.24, 2.45) is 0 Å². The average molecular weight is 556 g/mol. The summed E-state index contributed by atoms with van der Waals surface area (Å²) in [4.78, 5) is 11.6. The molecule has 0 spiro atoms. The van der Waals surface area contributed by atoms with Gasteiger partial charge in [-0.25, -0.2) is 13.8 Å². The van der Waals surface area contributed by atoms with Crippen molar-refractivity contribution in [2.45, 2.75) is 52.7 Å². The molecule has 10 heteroatoms. The van der Waals surface area contributed by atoms with Crippen LogP contribution in [0.3, 0.4) is 0 Å². The third kappa shape index (κ3) is 7.24. The number of anilines is 1. The summed E-state index contributed by atoms with van der Waals surface area (Å²) in [5, 5.41) is 15.2. The summed E-state index contributed by atoms with van der Waals surface area (Å²) in [5.41, 5.74) is 7.54. The van der Waals surface area contributed by atoms with Gasteiger partial charge in [-0.1, -0.05) is 24.3 Å². The van der Waals surface area contributed by atoms with Crippen LogP contribution in [0.25, 0.3) is 11.1 Å². The van der Waals surface area contributed by atoms with E-state index in [2.05, 4.69) is 58.6 Å². The molecule has 8 nitrogen and oxygen atoms in total. The smallest absolute Gasteiger partial charge is 0.239 e. The van der Waals surface area contributed by atoms with Crippen molar-refractivity contribution in [3.63, 3.8) is 0 Å². The van der Waals surface area contributed by atoms with E-state index in [1.54, 1.807) is 7.11 Å². The van der Waals surface area contributed by atoms with Gasteiger partial charge in [0, 0.05) is 25.2 Å². The monoisotopic (exact) mass is 555 g/mol. The SMILES string of the molecule is COc1nc(CNCCO)nc2c1CN(c1cccc(-c3cccc(OCCCNCCC(F)F)c3C)c1C)C2. The number of aromatic nitrogens is 2. The lowest BCUT2D eigenvalue weighted by Crippen LogP contribution is -2.20. The molecule has 0 saturated heterocycles. The maximum Gasteiger partial charge on any atom is 0.239 e. The van der Waals surface area contributed by atoms with E-state index < -0.39 is 6.43 Å². The van der Waals surface area contributed by atoms with E-state index >= 15 is 0 Å². The number of benzene rings is 2. The number of alkyl halides is 2. The van der Waals surface area contributed by atoms with Crippen molar-refractivity contribution in [3.05, 3.63) is 64.6 Å². The molecule has 0 atom stereocenters. The zero-order chi connectivity index (χ0) is 28.5. The lowest BCUT2D eigenvalue weighted by atomic mass is 9.95. The molecular weight excluding hydrogens is 516 g/mol. The van der Waals surface area contributed by atoms with E-state index in [9.17, 15) is 8.78 Å². The zero-order valence-corrected chi connectivity index (χ0v) is 23.5. The van der Waals surface area contributed by atoms with E-state index in [4.69, 9.17) is 19.6 Å². The van der Waals surface area contributed by atoms with Crippen molar-refractivity contribution >= 4 is 5.69 Å². The first-order valence-electron chi connectivity index (χ1n) is 13.7. The highest BCUT2D eigenvalue weighted by Crippen LogP contribution is 2.39. The number of fused-ring (bicyclic) bond motifs is 1. The predicted octanol–water partition coefficient (Wildman–Crippen LogP) is 4.38. The second-order valence-electron chi connectivity index (χ2n) is 9.84. The highest BCUT2D eigenvalue weighted by Gasteiger charge is 2.27. The number of halogens is 2. The number of aliphatic hydroxyl groups excluding tert-OH is 1. The number of aliphatic hydroxyl groups is 1. The molecule has 216 valence electrons. The predicted molar refractivity (Wildman–Crippen MR) is 152 cm³/mol. The summed E-state index contributed by atoms with van der Waals surface area (Å²) in [6.45, 7) is 7.97. The van der Waals surface area contributed by atoms with Crippen molar-refractivity contribution in [1.29, 1.82) is 0 Å². The first-order chi connectivity index (χ1) is 19.4. The fraction of sp³-hybridized carbons (Fsp3) is 0.467. The van der Waals surface area contributed by atoms with Crippen LogP contribution in [0.2, 0.25) is 0 Å². The van der Waals surface area contributed by atoms with Gasteiger partial charge >= 0.3 is 0 Å². The Morgan fingerprint density at radius 2 is 1.75 bits per heavy atom. The second kappa shape index (κ2) is 14.3. The van der Waals surface area contributed by atoms with Crippen LogP contribution in [0.1, 0.15) is 41.1 Å². The van der Waals surface area contributed by atoms with Gasteiger partial charge in [0.25, 0.3) is 0 Å². The Hall–Kier alpha value is -3.34. The summed E-state index contributed by atoms with van der Waals surface area (Å²) < 4.78 is 36.2. The Morgan fingerprint density at radius 1 is 0.975 bits per heavy atom. The van der Waals surface area contributed by atoms with Crippen molar-refractivity contribution in [3.8, 4) is 22.8 Å². The van der Waals surface area contributed by atoms with Gasteiger partial charge in [-0.2, -0.15) is 4.98 Å². The first-order valence-corrected chi connectivity index (χ1v) is 13.7. The lowest BCUT2D eigenvalue weighted by Gasteiger charge is -2.23. The summed E-state index contributed by atoms with van der Waals surface area (Å²) in [7, 11) is 1.63. The normalized spacial score (nSPS) is 12.7. The number of hydrogen-bond donors (Lipinski definition) is 3. The Morgan fingerprint density at radius 3 is 2.50 bits per heavy atom. The van der Waals surface area contributed by atoms with Gasteiger partial charge in [0.2, 0.25) is 12.3 Å². The third-order valence-electron chi connectivity index (χ3n) is 7.07. The molecule has 40 heavy (non-hydrogen) atoms. The Bertz CT molecular complexity index is 1270.